The minimum Gasteiger partial charge on any atom is -0.477 e. The first-order valence-electron chi connectivity index (χ1n) is 4.53. The average molecular weight is 230 g/mol. The fourth-order valence-corrected chi connectivity index (χ4v) is 0.956. The van der Waals surface area contributed by atoms with E-state index in [9.17, 15) is 0 Å². The van der Waals surface area contributed by atoms with Crippen LogP contribution in [0, 0.1) is 11.3 Å². The lowest BCUT2D eigenvalue weighted by molar-refractivity contribution is 0.261. The number of nitrogens with one attached hydrogen (secondary N) is 1. The van der Waals surface area contributed by atoms with Gasteiger partial charge in [0, 0.05) is 6.20 Å². The molecule has 3 N–H and O–H groups in total. The lowest BCUT2D eigenvalue weighted by atomic mass is 10.2. The molecule has 0 aliphatic rings. The molecule has 1 aromatic heterocycles. The van der Waals surface area contributed by atoms with Gasteiger partial charge in [-0.25, -0.2) is 4.98 Å². The summed E-state index contributed by atoms with van der Waals surface area (Å²) < 4.78 is 5.43. The average Bonchev–Trinajstić information content (AvgIpc) is 2.15. The quantitative estimate of drug-likeness (QED) is 0.611. The summed E-state index contributed by atoms with van der Waals surface area (Å²) in [6.45, 7) is 4.68. The van der Waals surface area contributed by atoms with Gasteiger partial charge in [-0.3, -0.25) is 5.41 Å². The number of halogens is 1. The Balaban J connectivity index is 0.00000196. The zero-order valence-corrected chi connectivity index (χ0v) is 9.67. The van der Waals surface area contributed by atoms with Crippen molar-refractivity contribution in [3.8, 4) is 5.88 Å². The van der Waals surface area contributed by atoms with Crippen LogP contribution in [0.15, 0.2) is 18.3 Å². The van der Waals surface area contributed by atoms with Crippen LogP contribution in [-0.4, -0.2) is 17.4 Å². The molecule has 15 heavy (non-hydrogen) atoms. The van der Waals surface area contributed by atoms with Crippen LogP contribution in [0.2, 0.25) is 0 Å². The van der Waals surface area contributed by atoms with E-state index in [4.69, 9.17) is 15.9 Å². The van der Waals surface area contributed by atoms with Crippen LogP contribution >= 0.6 is 12.4 Å². The maximum atomic E-state index is 7.32. The minimum absolute atomic E-state index is 0. The van der Waals surface area contributed by atoms with Gasteiger partial charge in [0.15, 0.2) is 0 Å². The van der Waals surface area contributed by atoms with Gasteiger partial charge < -0.3 is 10.5 Å². The van der Waals surface area contributed by atoms with Gasteiger partial charge in [0.05, 0.1) is 12.2 Å². The van der Waals surface area contributed by atoms with Crippen LogP contribution in [0.1, 0.15) is 19.4 Å². The number of pyridine rings is 1. The summed E-state index contributed by atoms with van der Waals surface area (Å²) in [5.74, 6) is 0.849. The van der Waals surface area contributed by atoms with Crippen LogP contribution in [-0.2, 0) is 0 Å². The number of nitrogens with two attached hydrogens (primary N) is 1. The fraction of sp³-hybridized carbons (Fsp3) is 0.400. The number of nitrogen functional groups attached to an aromatic ring is 1. The van der Waals surface area contributed by atoms with E-state index in [0.717, 1.165) is 0 Å². The van der Waals surface area contributed by atoms with Crippen molar-refractivity contribution in [1.29, 1.82) is 5.41 Å². The molecule has 0 radical (unpaired) electrons. The molecule has 4 nitrogen and oxygen atoms in total. The van der Waals surface area contributed by atoms with Crippen LogP contribution < -0.4 is 10.5 Å². The summed E-state index contributed by atoms with van der Waals surface area (Å²) in [4.78, 5) is 4.03. The van der Waals surface area contributed by atoms with Gasteiger partial charge in [-0.05, 0) is 18.1 Å². The molecule has 0 aliphatic carbocycles. The highest BCUT2D eigenvalue weighted by Crippen LogP contribution is 2.13. The Morgan fingerprint density at radius 3 is 2.80 bits per heavy atom. The number of hydrogen-bond acceptors (Lipinski definition) is 3. The molecule has 0 amide bonds. The predicted molar refractivity (Wildman–Crippen MR) is 62.8 cm³/mol. The SMILES string of the molecule is CC(C)COc1ncccc1C(=N)N.Cl. The molecule has 1 heterocycles. The summed E-state index contributed by atoms with van der Waals surface area (Å²) in [6, 6.07) is 3.46. The highest BCUT2D eigenvalue weighted by molar-refractivity contribution is 5.96. The van der Waals surface area contributed by atoms with Crippen molar-refractivity contribution in [2.75, 3.05) is 6.61 Å². The lowest BCUT2D eigenvalue weighted by Crippen LogP contribution is -2.15. The number of aromatic nitrogens is 1. The molecular weight excluding hydrogens is 214 g/mol. The van der Waals surface area contributed by atoms with Crippen LogP contribution in [0.5, 0.6) is 5.88 Å². The van der Waals surface area contributed by atoms with Crippen molar-refractivity contribution in [3.05, 3.63) is 23.9 Å². The van der Waals surface area contributed by atoms with Crippen molar-refractivity contribution in [2.24, 2.45) is 11.7 Å². The van der Waals surface area contributed by atoms with Crippen molar-refractivity contribution in [3.63, 3.8) is 0 Å². The number of amidine groups is 1. The van der Waals surface area contributed by atoms with Gasteiger partial charge in [-0.1, -0.05) is 13.8 Å². The molecule has 5 heteroatoms. The topological polar surface area (TPSA) is 72.0 Å². The molecule has 0 unspecified atom stereocenters. The molecule has 0 spiro atoms. The smallest absolute Gasteiger partial charge is 0.224 e. The summed E-state index contributed by atoms with van der Waals surface area (Å²) in [6.07, 6.45) is 1.63. The first-order chi connectivity index (χ1) is 6.61. The van der Waals surface area contributed by atoms with Crippen LogP contribution in [0.4, 0.5) is 0 Å². The van der Waals surface area contributed by atoms with Gasteiger partial charge in [0.2, 0.25) is 5.88 Å². The second-order valence-corrected chi connectivity index (χ2v) is 3.47. The summed E-state index contributed by atoms with van der Waals surface area (Å²) >= 11 is 0. The Bertz CT molecular complexity index is 328. The molecular formula is C10H16ClN3O. The van der Waals surface area contributed by atoms with Crippen molar-refractivity contribution in [2.45, 2.75) is 13.8 Å². The van der Waals surface area contributed by atoms with E-state index in [1.807, 2.05) is 0 Å². The first-order valence-corrected chi connectivity index (χ1v) is 4.53. The van der Waals surface area contributed by atoms with Crippen LogP contribution in [0.3, 0.4) is 0 Å². The van der Waals surface area contributed by atoms with E-state index in [1.54, 1.807) is 18.3 Å². The zero-order valence-electron chi connectivity index (χ0n) is 8.86. The monoisotopic (exact) mass is 229 g/mol. The molecule has 0 aliphatic heterocycles. The zero-order chi connectivity index (χ0) is 10.6. The number of nitrogens with zero attached hydrogens (tertiary/aromatic N) is 1. The van der Waals surface area contributed by atoms with Gasteiger partial charge >= 0.3 is 0 Å². The van der Waals surface area contributed by atoms with E-state index >= 15 is 0 Å². The third kappa shape index (κ3) is 4.16. The molecule has 0 bridgehead atoms. The molecule has 0 aromatic carbocycles. The summed E-state index contributed by atoms with van der Waals surface area (Å²) in [5, 5.41) is 7.32. The normalized spacial score (nSPS) is 9.53. The third-order valence-corrected chi connectivity index (χ3v) is 1.61. The Morgan fingerprint density at radius 2 is 2.27 bits per heavy atom. The lowest BCUT2D eigenvalue weighted by Gasteiger charge is -2.10. The standard InChI is InChI=1S/C10H15N3O.ClH/c1-7(2)6-14-10-8(9(11)12)4-3-5-13-10;/h3-5,7H,6H2,1-2H3,(H3,11,12);1H. The maximum Gasteiger partial charge on any atom is 0.224 e. The predicted octanol–water partition coefficient (Wildman–Crippen LogP) is 1.82. The number of ether oxygens (including phenoxy) is 1. The fourth-order valence-electron chi connectivity index (χ4n) is 0.956. The molecule has 0 saturated carbocycles. The molecule has 84 valence electrons. The molecule has 1 aromatic rings. The molecule has 0 atom stereocenters. The largest absolute Gasteiger partial charge is 0.477 e. The molecule has 0 fully saturated rings. The van der Waals surface area contributed by atoms with Crippen molar-refractivity contribution in [1.82, 2.24) is 4.98 Å². The van der Waals surface area contributed by atoms with Crippen molar-refractivity contribution >= 4 is 18.2 Å². The van der Waals surface area contributed by atoms with E-state index in [2.05, 4.69) is 18.8 Å². The Morgan fingerprint density at radius 1 is 1.60 bits per heavy atom. The number of rotatable bonds is 4. The van der Waals surface area contributed by atoms with Crippen molar-refractivity contribution < 1.29 is 4.74 Å². The van der Waals surface area contributed by atoms with E-state index in [0.29, 0.717) is 24.0 Å². The van der Waals surface area contributed by atoms with E-state index < -0.39 is 0 Å². The Kier molecular flexibility index (Phi) is 5.70. The van der Waals surface area contributed by atoms with Crippen LogP contribution in [0.25, 0.3) is 0 Å². The van der Waals surface area contributed by atoms with Gasteiger partial charge in [-0.15, -0.1) is 12.4 Å². The first kappa shape index (κ1) is 13.7. The second-order valence-electron chi connectivity index (χ2n) is 3.47. The maximum absolute atomic E-state index is 7.32. The van der Waals surface area contributed by atoms with Gasteiger partial charge in [-0.2, -0.15) is 0 Å². The molecule has 1 rings (SSSR count). The molecule has 0 saturated heterocycles. The highest BCUT2D eigenvalue weighted by atomic mass is 35.5. The Hall–Kier alpha value is -1.29. The van der Waals surface area contributed by atoms with Gasteiger partial charge in [0.25, 0.3) is 0 Å². The van der Waals surface area contributed by atoms with Gasteiger partial charge in [0.1, 0.15) is 5.84 Å². The number of hydrogen-bond donors (Lipinski definition) is 2. The Labute approximate surface area is 95.8 Å². The summed E-state index contributed by atoms with van der Waals surface area (Å²) in [7, 11) is 0. The third-order valence-electron chi connectivity index (χ3n) is 1.61. The summed E-state index contributed by atoms with van der Waals surface area (Å²) in [5.41, 5.74) is 5.93. The minimum atomic E-state index is -0.0168. The van der Waals surface area contributed by atoms with E-state index in [-0.39, 0.29) is 18.2 Å². The highest BCUT2D eigenvalue weighted by Gasteiger charge is 2.07. The van der Waals surface area contributed by atoms with E-state index in [1.165, 1.54) is 0 Å². The second kappa shape index (κ2) is 6.24.